The van der Waals surface area contributed by atoms with Gasteiger partial charge in [0, 0.05) is 12.8 Å². The maximum atomic E-state index is 12.6. The van der Waals surface area contributed by atoms with Gasteiger partial charge in [-0.2, -0.15) is 0 Å². The molecule has 0 aliphatic rings. The molecule has 0 aromatic carbocycles. The Balaban J connectivity index is 4.45. The van der Waals surface area contributed by atoms with E-state index in [0.29, 0.717) is 12.8 Å². The minimum Gasteiger partial charge on any atom is -0.462 e. The van der Waals surface area contributed by atoms with Gasteiger partial charge in [0.1, 0.15) is 12.7 Å². The van der Waals surface area contributed by atoms with E-state index in [0.717, 1.165) is 83.5 Å². The van der Waals surface area contributed by atoms with Crippen LogP contribution in [0.3, 0.4) is 0 Å². The molecule has 0 amide bonds. The van der Waals surface area contributed by atoms with Gasteiger partial charge in [-0.25, -0.2) is 4.57 Å². The first-order valence-corrected chi connectivity index (χ1v) is 20.9. The zero-order chi connectivity index (χ0) is 38.4. The molecule has 0 heterocycles. The van der Waals surface area contributed by atoms with E-state index in [9.17, 15) is 24.2 Å². The van der Waals surface area contributed by atoms with Crippen LogP contribution >= 0.6 is 7.82 Å². The zero-order valence-corrected chi connectivity index (χ0v) is 32.9. The molecule has 0 aromatic rings. The maximum Gasteiger partial charge on any atom is 0.472 e. The van der Waals surface area contributed by atoms with Crippen molar-refractivity contribution in [1.29, 1.82) is 0 Å². The van der Waals surface area contributed by atoms with Gasteiger partial charge in [-0.3, -0.25) is 18.6 Å². The minimum atomic E-state index is -4.63. The van der Waals surface area contributed by atoms with Gasteiger partial charge in [0.15, 0.2) is 6.10 Å². The number of carbonyl (C=O) groups excluding carboxylic acids is 2. The molecule has 0 bridgehead atoms. The third-order valence-electron chi connectivity index (χ3n) is 7.69. The number of carbonyl (C=O) groups is 2. The fourth-order valence-electron chi connectivity index (χ4n) is 4.67. The monoisotopic (exact) mass is 752 g/mol. The number of unbranched alkanes of at least 4 members (excludes halogenated alkanes) is 12. The first kappa shape index (κ1) is 49.4. The molecule has 52 heavy (non-hydrogen) atoms. The summed E-state index contributed by atoms with van der Waals surface area (Å²) in [7, 11) is -4.63. The van der Waals surface area contributed by atoms with Crippen molar-refractivity contribution in [3.63, 3.8) is 0 Å². The highest BCUT2D eigenvalue weighted by Gasteiger charge is 2.27. The largest absolute Gasteiger partial charge is 0.472 e. The van der Waals surface area contributed by atoms with Crippen LogP contribution in [0.15, 0.2) is 72.9 Å². The molecule has 11 heteroatoms. The Labute approximate surface area is 314 Å². The molecule has 0 aromatic heterocycles. The number of rotatable bonds is 35. The van der Waals surface area contributed by atoms with Crippen LogP contribution in [0, 0.1) is 0 Å². The lowest BCUT2D eigenvalue weighted by Crippen LogP contribution is -2.29. The molecule has 0 saturated heterocycles. The van der Waals surface area contributed by atoms with Gasteiger partial charge in [0.05, 0.1) is 19.8 Å². The van der Waals surface area contributed by atoms with E-state index < -0.39 is 51.8 Å². The minimum absolute atomic E-state index is 0.151. The highest BCUT2D eigenvalue weighted by Crippen LogP contribution is 2.43. The Morgan fingerprint density at radius 1 is 0.615 bits per heavy atom. The smallest absolute Gasteiger partial charge is 0.462 e. The number of hydrogen-bond donors (Lipinski definition) is 3. The number of allylic oxidation sites excluding steroid dienone is 12. The first-order valence-electron chi connectivity index (χ1n) is 19.4. The van der Waals surface area contributed by atoms with Gasteiger partial charge in [-0.1, -0.05) is 138 Å². The fourth-order valence-corrected chi connectivity index (χ4v) is 5.45. The third kappa shape index (κ3) is 35.8. The zero-order valence-electron chi connectivity index (χ0n) is 32.0. The first-order chi connectivity index (χ1) is 25.2. The van der Waals surface area contributed by atoms with E-state index in [2.05, 4.69) is 54.8 Å². The SMILES string of the molecule is CC/C=C/C=C/C=C/C=C/CCCCCCCC(=O)O[C@H](COC(=O)CCCCCCC/C=C/C/C=C/CCCC)COP(=O)(O)OC[C@@H](O)CO. The van der Waals surface area contributed by atoms with Gasteiger partial charge in [0.2, 0.25) is 0 Å². The summed E-state index contributed by atoms with van der Waals surface area (Å²) >= 11 is 0. The van der Waals surface area contributed by atoms with Crippen molar-refractivity contribution in [3.05, 3.63) is 72.9 Å². The van der Waals surface area contributed by atoms with Crippen LogP contribution in [0.2, 0.25) is 0 Å². The molecule has 0 radical (unpaired) electrons. The summed E-state index contributed by atoms with van der Waals surface area (Å²) in [5.74, 6) is -0.978. The van der Waals surface area contributed by atoms with Crippen molar-refractivity contribution < 1.29 is 47.8 Å². The van der Waals surface area contributed by atoms with Crippen molar-refractivity contribution in [2.45, 2.75) is 148 Å². The molecule has 0 aliphatic heterocycles. The Hall–Kier alpha value is -2.59. The lowest BCUT2D eigenvalue weighted by Gasteiger charge is -2.20. The van der Waals surface area contributed by atoms with Crippen molar-refractivity contribution >= 4 is 19.8 Å². The lowest BCUT2D eigenvalue weighted by atomic mass is 10.1. The second kappa shape index (κ2) is 36.8. The molecule has 298 valence electrons. The molecule has 0 spiro atoms. The lowest BCUT2D eigenvalue weighted by molar-refractivity contribution is -0.161. The summed E-state index contributed by atoms with van der Waals surface area (Å²) < 4.78 is 32.6. The molecule has 0 rings (SSSR count). The standard InChI is InChI=1S/C41H69O10P/c1-3-5-7-9-11-13-15-17-19-21-23-25-27-29-31-33-41(45)51-39(37-50-52(46,47)49-35-38(43)34-42)36-48-40(44)32-30-28-26-24-22-20-18-16-14-12-10-8-6-4-2/h5,7,9-13,15-19,38-39,42-43H,3-4,6,8,14,20-37H2,1-2H3,(H,46,47)/b7-5+,11-9+,12-10+,15-13+,18-16+,19-17+/t38-,39+/m0/s1. The average molecular weight is 753 g/mol. The van der Waals surface area contributed by atoms with E-state index in [4.69, 9.17) is 19.1 Å². The Bertz CT molecular complexity index is 1100. The highest BCUT2D eigenvalue weighted by atomic mass is 31.2. The topological polar surface area (TPSA) is 149 Å². The van der Waals surface area contributed by atoms with Gasteiger partial charge in [0.25, 0.3) is 0 Å². The average Bonchev–Trinajstić information content (AvgIpc) is 3.13. The number of phosphoric ester groups is 1. The van der Waals surface area contributed by atoms with E-state index in [1.165, 1.54) is 12.8 Å². The van der Waals surface area contributed by atoms with Crippen LogP contribution in [-0.2, 0) is 32.7 Å². The maximum absolute atomic E-state index is 12.6. The molecule has 1 unspecified atom stereocenters. The van der Waals surface area contributed by atoms with Crippen LogP contribution in [0.5, 0.6) is 0 Å². The van der Waals surface area contributed by atoms with Crippen LogP contribution in [0.1, 0.15) is 136 Å². The van der Waals surface area contributed by atoms with Crippen LogP contribution in [0.25, 0.3) is 0 Å². The summed E-state index contributed by atoms with van der Waals surface area (Å²) in [6, 6.07) is 0. The van der Waals surface area contributed by atoms with Gasteiger partial charge >= 0.3 is 19.8 Å². The second-order valence-electron chi connectivity index (χ2n) is 12.7. The van der Waals surface area contributed by atoms with E-state index in [-0.39, 0.29) is 19.4 Å². The second-order valence-corrected chi connectivity index (χ2v) is 14.1. The molecule has 3 N–H and O–H groups in total. The molecule has 3 atom stereocenters. The molecule has 0 aliphatic carbocycles. The van der Waals surface area contributed by atoms with Gasteiger partial charge in [-0.05, 0) is 57.8 Å². The Morgan fingerprint density at radius 2 is 1.13 bits per heavy atom. The Kier molecular flexibility index (Phi) is 34.9. The summed E-state index contributed by atoms with van der Waals surface area (Å²) in [6.07, 6.45) is 40.1. The number of aliphatic hydroxyl groups excluding tert-OH is 2. The Morgan fingerprint density at radius 3 is 1.75 bits per heavy atom. The predicted octanol–water partition coefficient (Wildman–Crippen LogP) is 9.72. The molecule has 0 saturated carbocycles. The summed E-state index contributed by atoms with van der Waals surface area (Å²) in [4.78, 5) is 34.9. The van der Waals surface area contributed by atoms with Crippen molar-refractivity contribution in [2.24, 2.45) is 0 Å². The summed E-state index contributed by atoms with van der Waals surface area (Å²) in [6.45, 7) is 2.12. The van der Waals surface area contributed by atoms with Crippen molar-refractivity contribution in [1.82, 2.24) is 0 Å². The normalized spacial score (nSPS) is 14.8. The molecular formula is C41H69O10P. The van der Waals surface area contributed by atoms with Crippen molar-refractivity contribution in [3.8, 4) is 0 Å². The fraction of sp³-hybridized carbons (Fsp3) is 0.659. The third-order valence-corrected chi connectivity index (χ3v) is 8.64. The van der Waals surface area contributed by atoms with Gasteiger partial charge < -0.3 is 24.6 Å². The van der Waals surface area contributed by atoms with E-state index in [1.807, 2.05) is 36.5 Å². The summed E-state index contributed by atoms with van der Waals surface area (Å²) in [5.41, 5.74) is 0. The number of aliphatic hydroxyl groups is 2. The molecular weight excluding hydrogens is 683 g/mol. The quantitative estimate of drug-likeness (QED) is 0.0188. The summed E-state index contributed by atoms with van der Waals surface area (Å²) in [5, 5.41) is 18.3. The van der Waals surface area contributed by atoms with Crippen LogP contribution in [0.4, 0.5) is 0 Å². The molecule has 0 fully saturated rings. The predicted molar refractivity (Wildman–Crippen MR) is 210 cm³/mol. The number of phosphoric acid groups is 1. The van der Waals surface area contributed by atoms with Crippen LogP contribution < -0.4 is 0 Å². The van der Waals surface area contributed by atoms with E-state index in [1.54, 1.807) is 0 Å². The highest BCUT2D eigenvalue weighted by molar-refractivity contribution is 7.47. The number of ether oxygens (including phenoxy) is 2. The van der Waals surface area contributed by atoms with E-state index >= 15 is 0 Å². The van der Waals surface area contributed by atoms with Crippen LogP contribution in [-0.4, -0.2) is 65.7 Å². The molecule has 10 nitrogen and oxygen atoms in total. The van der Waals surface area contributed by atoms with Crippen molar-refractivity contribution in [2.75, 3.05) is 26.4 Å². The van der Waals surface area contributed by atoms with Gasteiger partial charge in [-0.15, -0.1) is 0 Å². The number of esters is 2. The number of hydrogen-bond acceptors (Lipinski definition) is 9.